The van der Waals surface area contributed by atoms with Gasteiger partial charge in [0.05, 0.1) is 11.4 Å². The Hall–Kier alpha value is -1.94. The van der Waals surface area contributed by atoms with Gasteiger partial charge in [0.2, 0.25) is 0 Å². The van der Waals surface area contributed by atoms with Crippen LogP contribution in [0.5, 0.6) is 0 Å². The zero-order valence-electron chi connectivity index (χ0n) is 11.9. The highest BCUT2D eigenvalue weighted by molar-refractivity contribution is 5.79. The second-order valence-corrected chi connectivity index (χ2v) is 5.05. The molecule has 1 aromatic carbocycles. The lowest BCUT2D eigenvalue weighted by Gasteiger charge is -2.11. The maximum absolute atomic E-state index is 10.9. The molecule has 0 aliphatic carbocycles. The summed E-state index contributed by atoms with van der Waals surface area (Å²) in [5, 5.41) is 13.3. The van der Waals surface area contributed by atoms with Gasteiger partial charge in [-0.1, -0.05) is 19.1 Å². The van der Waals surface area contributed by atoms with E-state index >= 15 is 0 Å². The van der Waals surface area contributed by atoms with E-state index in [0.717, 1.165) is 22.2 Å². The fourth-order valence-corrected chi connectivity index (χ4v) is 2.18. The molecule has 0 amide bonds. The first-order valence-corrected chi connectivity index (χ1v) is 6.90. The van der Waals surface area contributed by atoms with E-state index < -0.39 is 5.97 Å². The Kier molecular flexibility index (Phi) is 4.69. The molecule has 1 unspecified atom stereocenters. The lowest BCUT2D eigenvalue weighted by Crippen LogP contribution is -2.27. The monoisotopic (exact) mass is 272 g/mol. The largest absolute Gasteiger partial charge is 0.481 e. The molecule has 2 aromatic rings. The van der Waals surface area contributed by atoms with Crippen LogP contribution in [-0.4, -0.2) is 22.6 Å². The molecule has 2 rings (SSSR count). The smallest absolute Gasteiger partial charge is 0.307 e. The third kappa shape index (κ3) is 3.54. The zero-order chi connectivity index (χ0) is 14.5. The first-order chi connectivity index (χ1) is 9.60. The number of hydrogen-bond donors (Lipinski definition) is 2. The summed E-state index contributed by atoms with van der Waals surface area (Å²) >= 11 is 0. The number of aryl methyl sites for hydroxylation is 1. The molecule has 0 saturated heterocycles. The summed E-state index contributed by atoms with van der Waals surface area (Å²) in [5.74, 6) is -1.06. The van der Waals surface area contributed by atoms with Crippen LogP contribution in [0.1, 0.15) is 24.6 Å². The fourth-order valence-electron chi connectivity index (χ4n) is 2.18. The number of aromatic nitrogens is 1. The molecule has 0 bridgehead atoms. The quantitative estimate of drug-likeness (QED) is 0.848. The highest BCUT2D eigenvalue weighted by Crippen LogP contribution is 2.14. The Morgan fingerprint density at radius 2 is 2.15 bits per heavy atom. The highest BCUT2D eigenvalue weighted by atomic mass is 16.4. The summed E-state index contributed by atoms with van der Waals surface area (Å²) in [4.78, 5) is 15.4. The van der Waals surface area contributed by atoms with Crippen molar-refractivity contribution in [1.29, 1.82) is 0 Å². The minimum absolute atomic E-state index is 0.320. The number of carbonyl (C=O) groups is 1. The molecule has 1 heterocycles. The predicted octanol–water partition coefficient (Wildman–Crippen LogP) is 2.74. The Morgan fingerprint density at radius 1 is 1.35 bits per heavy atom. The van der Waals surface area contributed by atoms with Gasteiger partial charge in [-0.3, -0.25) is 9.78 Å². The molecule has 0 saturated carbocycles. The Balaban J connectivity index is 2.00. The van der Waals surface area contributed by atoms with Gasteiger partial charge in [0.15, 0.2) is 0 Å². The number of hydrogen-bond acceptors (Lipinski definition) is 3. The van der Waals surface area contributed by atoms with Crippen LogP contribution in [-0.2, 0) is 11.3 Å². The van der Waals surface area contributed by atoms with Crippen molar-refractivity contribution in [2.45, 2.75) is 26.8 Å². The van der Waals surface area contributed by atoms with Gasteiger partial charge >= 0.3 is 5.97 Å². The molecular weight excluding hydrogens is 252 g/mol. The molecule has 2 N–H and O–H groups in total. The summed E-state index contributed by atoms with van der Waals surface area (Å²) in [6.07, 6.45) is 0.642. The molecule has 4 nitrogen and oxygen atoms in total. The van der Waals surface area contributed by atoms with E-state index in [2.05, 4.69) is 22.4 Å². The number of pyridine rings is 1. The highest BCUT2D eigenvalue weighted by Gasteiger charge is 2.13. The number of nitrogens with zero attached hydrogens (tertiary/aromatic N) is 1. The summed E-state index contributed by atoms with van der Waals surface area (Å²) < 4.78 is 0. The van der Waals surface area contributed by atoms with Gasteiger partial charge in [-0.05, 0) is 37.1 Å². The van der Waals surface area contributed by atoms with Crippen molar-refractivity contribution >= 4 is 16.9 Å². The third-order valence-corrected chi connectivity index (χ3v) is 3.45. The van der Waals surface area contributed by atoms with Crippen LogP contribution in [0, 0.1) is 12.8 Å². The van der Waals surface area contributed by atoms with E-state index in [4.69, 9.17) is 5.11 Å². The molecule has 0 aliphatic rings. The first kappa shape index (κ1) is 14.5. The summed E-state index contributed by atoms with van der Waals surface area (Å²) in [6, 6.07) is 10.2. The number of carboxylic acid groups (broad SMARTS) is 1. The van der Waals surface area contributed by atoms with Crippen molar-refractivity contribution < 1.29 is 9.90 Å². The number of carboxylic acids is 1. The number of aliphatic carboxylic acids is 1. The second-order valence-electron chi connectivity index (χ2n) is 5.05. The van der Waals surface area contributed by atoms with E-state index in [0.29, 0.717) is 19.5 Å². The SMILES string of the molecule is CCC(CNCc1ccc2nc(C)ccc2c1)C(=O)O. The Bertz CT molecular complexity index is 610. The van der Waals surface area contributed by atoms with Crippen LogP contribution >= 0.6 is 0 Å². The minimum atomic E-state index is -0.738. The average molecular weight is 272 g/mol. The van der Waals surface area contributed by atoms with Gasteiger partial charge in [-0.15, -0.1) is 0 Å². The van der Waals surface area contributed by atoms with Crippen molar-refractivity contribution in [3.63, 3.8) is 0 Å². The van der Waals surface area contributed by atoms with E-state index in [1.54, 1.807) is 0 Å². The molecule has 1 atom stereocenters. The molecule has 0 fully saturated rings. The standard InChI is InChI=1S/C16H20N2O2/c1-3-13(16(19)20)10-17-9-12-5-7-15-14(8-12)6-4-11(2)18-15/h4-8,13,17H,3,9-10H2,1-2H3,(H,19,20). The van der Waals surface area contributed by atoms with E-state index in [-0.39, 0.29) is 5.92 Å². The Morgan fingerprint density at radius 3 is 2.85 bits per heavy atom. The van der Waals surface area contributed by atoms with Gasteiger partial charge in [-0.2, -0.15) is 0 Å². The lowest BCUT2D eigenvalue weighted by atomic mass is 10.1. The van der Waals surface area contributed by atoms with Gasteiger partial charge in [0.25, 0.3) is 0 Å². The van der Waals surface area contributed by atoms with Gasteiger partial charge in [-0.25, -0.2) is 0 Å². The van der Waals surface area contributed by atoms with Crippen molar-refractivity contribution in [1.82, 2.24) is 10.3 Å². The molecule has 0 aliphatic heterocycles. The van der Waals surface area contributed by atoms with Gasteiger partial charge < -0.3 is 10.4 Å². The number of fused-ring (bicyclic) bond motifs is 1. The Labute approximate surface area is 118 Å². The minimum Gasteiger partial charge on any atom is -0.481 e. The van der Waals surface area contributed by atoms with Crippen LogP contribution in [0.25, 0.3) is 10.9 Å². The second kappa shape index (κ2) is 6.48. The molecule has 0 radical (unpaired) electrons. The van der Waals surface area contributed by atoms with Crippen LogP contribution in [0.3, 0.4) is 0 Å². The van der Waals surface area contributed by atoms with Crippen LogP contribution < -0.4 is 5.32 Å². The molecular formula is C16H20N2O2. The van der Waals surface area contributed by atoms with E-state index in [1.807, 2.05) is 32.0 Å². The molecule has 1 aromatic heterocycles. The number of rotatable bonds is 6. The summed E-state index contributed by atoms with van der Waals surface area (Å²) in [6.45, 7) is 5.04. The first-order valence-electron chi connectivity index (χ1n) is 6.90. The molecule has 4 heteroatoms. The maximum Gasteiger partial charge on any atom is 0.307 e. The van der Waals surface area contributed by atoms with E-state index in [9.17, 15) is 4.79 Å². The normalized spacial score (nSPS) is 12.5. The van der Waals surface area contributed by atoms with Gasteiger partial charge in [0, 0.05) is 24.2 Å². The zero-order valence-corrected chi connectivity index (χ0v) is 11.9. The van der Waals surface area contributed by atoms with Crippen molar-refractivity contribution in [2.24, 2.45) is 5.92 Å². The van der Waals surface area contributed by atoms with Crippen LogP contribution in [0.4, 0.5) is 0 Å². The maximum atomic E-state index is 10.9. The van der Waals surface area contributed by atoms with E-state index in [1.165, 1.54) is 0 Å². The van der Waals surface area contributed by atoms with Crippen LogP contribution in [0.2, 0.25) is 0 Å². The van der Waals surface area contributed by atoms with Gasteiger partial charge in [0.1, 0.15) is 0 Å². The third-order valence-electron chi connectivity index (χ3n) is 3.45. The van der Waals surface area contributed by atoms with Crippen LogP contribution in [0.15, 0.2) is 30.3 Å². The average Bonchev–Trinajstić information content (AvgIpc) is 2.43. The molecule has 20 heavy (non-hydrogen) atoms. The molecule has 0 spiro atoms. The fraction of sp³-hybridized carbons (Fsp3) is 0.375. The topological polar surface area (TPSA) is 62.2 Å². The lowest BCUT2D eigenvalue weighted by molar-refractivity contribution is -0.141. The number of benzene rings is 1. The van der Waals surface area contributed by atoms with Crippen molar-refractivity contribution in [2.75, 3.05) is 6.54 Å². The van der Waals surface area contributed by atoms with Crippen molar-refractivity contribution in [3.05, 3.63) is 41.6 Å². The van der Waals surface area contributed by atoms with Crippen molar-refractivity contribution in [3.8, 4) is 0 Å². The molecule has 106 valence electrons. The predicted molar refractivity (Wildman–Crippen MR) is 79.6 cm³/mol. The summed E-state index contributed by atoms with van der Waals surface area (Å²) in [5.41, 5.74) is 3.14. The summed E-state index contributed by atoms with van der Waals surface area (Å²) in [7, 11) is 0. The number of nitrogens with one attached hydrogen (secondary N) is 1.